The number of amides is 2. The number of rotatable bonds is 9. The molecule has 4 aromatic rings. The van der Waals surface area contributed by atoms with Crippen molar-refractivity contribution in [1.29, 1.82) is 5.41 Å². The lowest BCUT2D eigenvalue weighted by Crippen LogP contribution is -2.58. The molecule has 2 aromatic heterocycles. The Morgan fingerprint density at radius 1 is 1.14 bits per heavy atom. The lowest BCUT2D eigenvalue weighted by atomic mass is 9.75. The fraction of sp³-hybridized carbons (Fsp3) is 0.375. The van der Waals surface area contributed by atoms with Gasteiger partial charge in [-0.1, -0.05) is 50.6 Å². The highest BCUT2D eigenvalue weighted by Crippen LogP contribution is 2.44. The van der Waals surface area contributed by atoms with Crippen LogP contribution in [0.4, 0.5) is 26.7 Å². The normalized spacial score (nSPS) is 19.5. The van der Waals surface area contributed by atoms with Crippen molar-refractivity contribution < 1.29 is 36.3 Å². The number of nitrogens with one attached hydrogen (secondary N) is 3. The highest BCUT2D eigenvalue weighted by atomic mass is 35.5. The van der Waals surface area contributed by atoms with Crippen LogP contribution >= 0.6 is 11.6 Å². The second-order valence-corrected chi connectivity index (χ2v) is 13.8. The first-order valence-corrected chi connectivity index (χ1v) is 15.6. The number of carbonyl (C=O) groups is 2. The number of aromatic amines is 1. The average Bonchev–Trinajstić information content (AvgIpc) is 3.78. The maximum absolute atomic E-state index is 16.2. The van der Waals surface area contributed by atoms with Crippen LogP contribution in [0, 0.1) is 16.6 Å². The number of aromatic nitrogens is 5. The molecule has 12 nitrogen and oxygen atoms in total. The number of alkyl halides is 4. The van der Waals surface area contributed by atoms with Gasteiger partial charge in [0.2, 0.25) is 0 Å². The molecule has 0 bridgehead atoms. The molecule has 2 atom stereocenters. The third-order valence-corrected chi connectivity index (χ3v) is 8.67. The first-order chi connectivity index (χ1) is 23.5. The number of carbonyl (C=O) groups excluding carboxylic acids is 2. The molecule has 18 heteroatoms. The Morgan fingerprint density at radius 3 is 2.48 bits per heavy atom. The van der Waals surface area contributed by atoms with E-state index in [-0.39, 0.29) is 34.0 Å². The van der Waals surface area contributed by atoms with E-state index in [1.54, 1.807) is 6.07 Å². The van der Waals surface area contributed by atoms with E-state index in [1.807, 2.05) is 20.8 Å². The van der Waals surface area contributed by atoms with Crippen LogP contribution in [-0.2, 0) is 15.1 Å². The molecule has 6 rings (SSSR count). The molecule has 0 saturated carbocycles. The van der Waals surface area contributed by atoms with Crippen LogP contribution in [0.2, 0.25) is 5.02 Å². The quantitative estimate of drug-likeness (QED) is 0.171. The summed E-state index contributed by atoms with van der Waals surface area (Å²) >= 11 is 6.45. The van der Waals surface area contributed by atoms with Crippen molar-refractivity contribution >= 4 is 29.6 Å². The van der Waals surface area contributed by atoms with Gasteiger partial charge in [-0.15, -0.1) is 0 Å². The summed E-state index contributed by atoms with van der Waals surface area (Å²) in [6.07, 6.45) is 2.42. The van der Waals surface area contributed by atoms with Gasteiger partial charge < -0.3 is 10.1 Å². The first kappa shape index (κ1) is 34.8. The number of guanidine groups is 1. The predicted molar refractivity (Wildman–Crippen MR) is 170 cm³/mol. The standard InChI is InChI=1S/C32H31ClF5N9O3/c1-30(2,3)13-32(21-6-4-17(9-23(21)34)19-10-42-46(11-19)27(35)36)26(48)47(28(39)43-32)24(12-50-29(49)45-14-31(37,38)15-45)18-5-7-22(33)20(8-18)25-40-16-41-44-25/h4-11,16,24,27H,12-15H2,1-3H3,(H2,39,43)(H,40,41,44)/t24-,32-/m1/s1. The van der Waals surface area contributed by atoms with Crippen LogP contribution in [0.3, 0.4) is 0 Å². The van der Waals surface area contributed by atoms with E-state index < -0.39 is 72.9 Å². The van der Waals surface area contributed by atoms with E-state index in [9.17, 15) is 27.2 Å². The van der Waals surface area contributed by atoms with Crippen molar-refractivity contribution in [2.45, 2.75) is 51.2 Å². The number of benzene rings is 2. The van der Waals surface area contributed by atoms with Crippen LogP contribution in [0.5, 0.6) is 0 Å². The summed E-state index contributed by atoms with van der Waals surface area (Å²) in [7, 11) is 0. The maximum Gasteiger partial charge on any atom is 0.410 e. The number of likely N-dealkylation sites (tertiary alicyclic amines) is 1. The van der Waals surface area contributed by atoms with Gasteiger partial charge in [0.25, 0.3) is 11.8 Å². The summed E-state index contributed by atoms with van der Waals surface area (Å²) in [6, 6.07) is 7.28. The monoisotopic (exact) mass is 719 g/mol. The van der Waals surface area contributed by atoms with E-state index in [4.69, 9.17) is 21.7 Å². The second-order valence-electron chi connectivity index (χ2n) is 13.4. The lowest BCUT2D eigenvalue weighted by Gasteiger charge is -2.38. The summed E-state index contributed by atoms with van der Waals surface area (Å²) < 4.78 is 75.4. The molecule has 2 aliphatic heterocycles. The van der Waals surface area contributed by atoms with E-state index in [1.165, 1.54) is 30.6 Å². The number of H-pyrrole nitrogens is 1. The largest absolute Gasteiger partial charge is 0.447 e. The SMILES string of the molecule is CC(C)(C)C[C@]1(c2ccc(-c3cnn(C(F)F)c3)cc2F)NC(=N)N([C@H](COC(=O)N2CC(F)(F)C2)c2ccc(Cl)c(-c3ncn[nH]3)c2)C1=O. The lowest BCUT2D eigenvalue weighted by molar-refractivity contribution is -0.135. The molecule has 0 spiro atoms. The van der Waals surface area contributed by atoms with Crippen molar-refractivity contribution in [3.05, 3.63) is 77.1 Å². The minimum Gasteiger partial charge on any atom is -0.447 e. The predicted octanol–water partition coefficient (Wildman–Crippen LogP) is 6.35. The molecular formula is C32H31ClF5N9O3. The molecule has 2 saturated heterocycles. The number of hydrogen-bond acceptors (Lipinski definition) is 7. The average molecular weight is 720 g/mol. The summed E-state index contributed by atoms with van der Waals surface area (Å²) in [6.45, 7) is 0.339. The van der Waals surface area contributed by atoms with Crippen molar-refractivity contribution in [2.24, 2.45) is 5.41 Å². The fourth-order valence-corrected chi connectivity index (χ4v) is 6.42. The third kappa shape index (κ3) is 6.60. The van der Waals surface area contributed by atoms with E-state index in [0.29, 0.717) is 15.8 Å². The number of hydrogen-bond donors (Lipinski definition) is 3. The Labute approximate surface area is 287 Å². The van der Waals surface area contributed by atoms with Crippen molar-refractivity contribution in [3.63, 3.8) is 0 Å². The minimum atomic E-state index is -3.05. The summed E-state index contributed by atoms with van der Waals surface area (Å²) in [4.78, 5) is 33.5. The zero-order chi connectivity index (χ0) is 36.2. The van der Waals surface area contributed by atoms with E-state index in [0.717, 1.165) is 28.3 Å². The van der Waals surface area contributed by atoms with Gasteiger partial charge in [0.1, 0.15) is 24.3 Å². The second kappa shape index (κ2) is 12.7. The van der Waals surface area contributed by atoms with Gasteiger partial charge in [-0.05, 0) is 41.2 Å². The number of halogens is 6. The fourth-order valence-electron chi connectivity index (χ4n) is 6.22. The van der Waals surface area contributed by atoms with Crippen LogP contribution in [0.1, 0.15) is 50.9 Å². The van der Waals surface area contributed by atoms with Crippen molar-refractivity contribution in [1.82, 2.24) is 40.1 Å². The van der Waals surface area contributed by atoms with Crippen LogP contribution in [-0.4, -0.2) is 78.3 Å². The van der Waals surface area contributed by atoms with Gasteiger partial charge in [0, 0.05) is 22.9 Å². The molecule has 50 heavy (non-hydrogen) atoms. The third-order valence-electron chi connectivity index (χ3n) is 8.34. The molecule has 2 amide bonds. The molecular weight excluding hydrogens is 689 g/mol. The van der Waals surface area contributed by atoms with Crippen LogP contribution in [0.15, 0.2) is 55.1 Å². The Morgan fingerprint density at radius 2 is 1.88 bits per heavy atom. The van der Waals surface area contributed by atoms with Gasteiger partial charge in [-0.2, -0.15) is 19.0 Å². The van der Waals surface area contributed by atoms with Gasteiger partial charge in [0.15, 0.2) is 11.8 Å². The Bertz CT molecular complexity index is 1940. The molecule has 0 radical (unpaired) electrons. The zero-order valence-corrected chi connectivity index (χ0v) is 27.6. The Kier molecular flexibility index (Phi) is 8.82. The molecule has 2 aromatic carbocycles. The van der Waals surface area contributed by atoms with Crippen LogP contribution < -0.4 is 5.32 Å². The highest BCUT2D eigenvalue weighted by molar-refractivity contribution is 6.33. The van der Waals surface area contributed by atoms with Gasteiger partial charge in [-0.3, -0.25) is 25.1 Å². The maximum atomic E-state index is 16.2. The number of ether oxygens (including phenoxy) is 1. The first-order valence-electron chi connectivity index (χ1n) is 15.3. The number of nitrogens with zero attached hydrogens (tertiary/aromatic N) is 6. The molecule has 2 aliphatic rings. The molecule has 0 aliphatic carbocycles. The summed E-state index contributed by atoms with van der Waals surface area (Å²) in [5, 5.41) is 22.3. The van der Waals surface area contributed by atoms with E-state index >= 15 is 4.39 Å². The van der Waals surface area contributed by atoms with Crippen molar-refractivity contribution in [3.8, 4) is 22.5 Å². The highest BCUT2D eigenvalue weighted by Gasteiger charge is 2.56. The Hall–Kier alpha value is -5.06. The smallest absolute Gasteiger partial charge is 0.410 e. The van der Waals surface area contributed by atoms with Crippen molar-refractivity contribution in [2.75, 3.05) is 19.7 Å². The van der Waals surface area contributed by atoms with Crippen LogP contribution in [0.25, 0.3) is 22.5 Å². The molecule has 264 valence electrons. The topological polar surface area (TPSA) is 145 Å². The van der Waals surface area contributed by atoms with Gasteiger partial charge in [-0.25, -0.2) is 27.6 Å². The Balaban J connectivity index is 1.40. The zero-order valence-electron chi connectivity index (χ0n) is 26.9. The summed E-state index contributed by atoms with van der Waals surface area (Å²) in [5.41, 5.74) is -1.48. The van der Waals surface area contributed by atoms with Gasteiger partial charge in [0.05, 0.1) is 30.4 Å². The summed E-state index contributed by atoms with van der Waals surface area (Å²) in [5.74, 6) is -4.84. The molecule has 2 fully saturated rings. The molecule has 4 heterocycles. The molecule has 3 N–H and O–H groups in total. The van der Waals surface area contributed by atoms with E-state index in [2.05, 4.69) is 25.6 Å². The van der Waals surface area contributed by atoms with Gasteiger partial charge >= 0.3 is 12.6 Å². The minimum absolute atomic E-state index is 0.0173. The molecule has 0 unspecified atom stereocenters.